The molecule has 0 saturated carbocycles. The van der Waals surface area contributed by atoms with Crippen molar-refractivity contribution < 1.29 is 9.59 Å². The molecular formula is C17H17Cl2N3O2. The zero-order chi connectivity index (χ0) is 17.5. The molecule has 1 aromatic heterocycles. The third-order valence-electron chi connectivity index (χ3n) is 3.35. The molecule has 0 unspecified atom stereocenters. The molecule has 0 aliphatic rings. The lowest BCUT2D eigenvalue weighted by atomic mass is 10.2. The highest BCUT2D eigenvalue weighted by Gasteiger charge is 2.12. The number of benzene rings is 1. The van der Waals surface area contributed by atoms with E-state index < -0.39 is 0 Å². The smallest absolute Gasteiger partial charge is 0.226 e. The topological polar surface area (TPSA) is 62.3 Å². The largest absolute Gasteiger partial charge is 0.338 e. The second kappa shape index (κ2) is 8.66. The summed E-state index contributed by atoms with van der Waals surface area (Å²) in [5.41, 5.74) is 1.48. The highest BCUT2D eigenvalue weighted by Crippen LogP contribution is 2.25. The molecule has 5 nitrogen and oxygen atoms in total. The fourth-order valence-electron chi connectivity index (χ4n) is 2.09. The molecule has 1 N–H and O–H groups in total. The van der Waals surface area contributed by atoms with Gasteiger partial charge in [0.25, 0.3) is 0 Å². The molecule has 0 saturated heterocycles. The van der Waals surface area contributed by atoms with Crippen LogP contribution in [0.1, 0.15) is 18.9 Å². The second-order valence-corrected chi connectivity index (χ2v) is 6.04. The number of nitrogens with one attached hydrogen (secondary N) is 1. The molecule has 24 heavy (non-hydrogen) atoms. The van der Waals surface area contributed by atoms with Crippen molar-refractivity contribution in [3.63, 3.8) is 0 Å². The lowest BCUT2D eigenvalue weighted by Crippen LogP contribution is -2.31. The Morgan fingerprint density at radius 2 is 2.00 bits per heavy atom. The molecule has 0 radical (unpaired) electrons. The van der Waals surface area contributed by atoms with Gasteiger partial charge in [0, 0.05) is 44.5 Å². The molecule has 2 rings (SSSR count). The summed E-state index contributed by atoms with van der Waals surface area (Å²) in [6.45, 7) is 2.22. The number of carbonyl (C=O) groups is 2. The molecule has 0 aliphatic heterocycles. The predicted octanol–water partition coefficient (Wildman–Crippen LogP) is 3.77. The van der Waals surface area contributed by atoms with E-state index in [1.54, 1.807) is 35.5 Å². The van der Waals surface area contributed by atoms with E-state index in [9.17, 15) is 9.59 Å². The van der Waals surface area contributed by atoms with Crippen molar-refractivity contribution in [1.29, 1.82) is 0 Å². The van der Waals surface area contributed by atoms with E-state index in [1.807, 2.05) is 12.1 Å². The summed E-state index contributed by atoms with van der Waals surface area (Å²) >= 11 is 11.8. The van der Waals surface area contributed by atoms with Crippen molar-refractivity contribution in [2.45, 2.75) is 19.9 Å². The maximum atomic E-state index is 12.1. The number of amides is 2. The van der Waals surface area contributed by atoms with E-state index in [4.69, 9.17) is 23.2 Å². The zero-order valence-electron chi connectivity index (χ0n) is 13.1. The van der Waals surface area contributed by atoms with Gasteiger partial charge in [-0.05, 0) is 29.8 Å². The number of hydrogen-bond donors (Lipinski definition) is 1. The Balaban J connectivity index is 1.90. The van der Waals surface area contributed by atoms with Crippen LogP contribution < -0.4 is 5.32 Å². The minimum atomic E-state index is -0.203. The van der Waals surface area contributed by atoms with Gasteiger partial charge in [0.05, 0.1) is 10.0 Å². The second-order valence-electron chi connectivity index (χ2n) is 5.23. The van der Waals surface area contributed by atoms with Crippen LogP contribution in [-0.2, 0) is 16.1 Å². The van der Waals surface area contributed by atoms with E-state index in [0.717, 1.165) is 5.56 Å². The third kappa shape index (κ3) is 5.51. The molecule has 7 heteroatoms. The summed E-state index contributed by atoms with van der Waals surface area (Å²) in [7, 11) is 0. The first-order chi connectivity index (χ1) is 11.5. The molecule has 0 bridgehead atoms. The van der Waals surface area contributed by atoms with E-state index >= 15 is 0 Å². The van der Waals surface area contributed by atoms with Crippen molar-refractivity contribution in [3.05, 3.63) is 58.3 Å². The maximum Gasteiger partial charge on any atom is 0.226 e. The van der Waals surface area contributed by atoms with Gasteiger partial charge in [-0.1, -0.05) is 29.3 Å². The van der Waals surface area contributed by atoms with Gasteiger partial charge >= 0.3 is 0 Å². The molecule has 0 atom stereocenters. The van der Waals surface area contributed by atoms with Crippen LogP contribution in [0, 0.1) is 0 Å². The number of pyridine rings is 1. The summed E-state index contributed by atoms with van der Waals surface area (Å²) in [5.74, 6) is -0.299. The summed E-state index contributed by atoms with van der Waals surface area (Å²) in [4.78, 5) is 29.4. The number of aromatic nitrogens is 1. The first kappa shape index (κ1) is 18.2. The normalized spacial score (nSPS) is 10.3. The van der Waals surface area contributed by atoms with Gasteiger partial charge in [0.1, 0.15) is 0 Å². The van der Waals surface area contributed by atoms with Crippen LogP contribution in [0.2, 0.25) is 10.0 Å². The SMILES string of the molecule is CC(=O)N(CCC(=O)Nc1ccc(Cl)c(Cl)c1)Cc1cccnc1. The van der Waals surface area contributed by atoms with Gasteiger partial charge in [-0.2, -0.15) is 0 Å². The quantitative estimate of drug-likeness (QED) is 0.847. The third-order valence-corrected chi connectivity index (χ3v) is 4.09. The lowest BCUT2D eigenvalue weighted by molar-refractivity contribution is -0.129. The lowest BCUT2D eigenvalue weighted by Gasteiger charge is -2.20. The Kier molecular flexibility index (Phi) is 6.58. The predicted molar refractivity (Wildman–Crippen MR) is 95.0 cm³/mol. The van der Waals surface area contributed by atoms with E-state index in [-0.39, 0.29) is 18.2 Å². The highest BCUT2D eigenvalue weighted by molar-refractivity contribution is 6.42. The highest BCUT2D eigenvalue weighted by atomic mass is 35.5. The molecule has 1 heterocycles. The Morgan fingerprint density at radius 1 is 1.21 bits per heavy atom. The van der Waals surface area contributed by atoms with Gasteiger partial charge in [-0.25, -0.2) is 0 Å². The molecule has 126 valence electrons. The minimum absolute atomic E-state index is 0.0961. The van der Waals surface area contributed by atoms with Crippen molar-refractivity contribution in [3.8, 4) is 0 Å². The van der Waals surface area contributed by atoms with E-state index in [1.165, 1.54) is 6.92 Å². The molecule has 2 amide bonds. The summed E-state index contributed by atoms with van der Waals surface area (Å²) < 4.78 is 0. The van der Waals surface area contributed by atoms with Crippen LogP contribution in [0.5, 0.6) is 0 Å². The minimum Gasteiger partial charge on any atom is -0.338 e. The summed E-state index contributed by atoms with van der Waals surface area (Å²) in [5, 5.41) is 3.53. The van der Waals surface area contributed by atoms with Crippen molar-refractivity contribution in [1.82, 2.24) is 9.88 Å². The van der Waals surface area contributed by atoms with Gasteiger partial charge in [-0.3, -0.25) is 14.6 Å². The van der Waals surface area contributed by atoms with E-state index in [2.05, 4.69) is 10.3 Å². The first-order valence-electron chi connectivity index (χ1n) is 7.35. The Morgan fingerprint density at radius 3 is 2.62 bits per heavy atom. The van der Waals surface area contributed by atoms with Crippen molar-refractivity contribution in [2.24, 2.45) is 0 Å². The number of halogens is 2. The van der Waals surface area contributed by atoms with Crippen LogP contribution in [0.4, 0.5) is 5.69 Å². The number of hydrogen-bond acceptors (Lipinski definition) is 3. The Bertz CT molecular complexity index is 723. The number of rotatable bonds is 6. The molecule has 0 spiro atoms. The number of carbonyl (C=O) groups excluding carboxylic acids is 2. The number of nitrogens with zero attached hydrogens (tertiary/aromatic N) is 2. The van der Waals surface area contributed by atoms with E-state index in [0.29, 0.717) is 28.8 Å². The van der Waals surface area contributed by atoms with Gasteiger partial charge in [-0.15, -0.1) is 0 Å². The molecule has 2 aromatic rings. The number of anilines is 1. The fraction of sp³-hybridized carbons (Fsp3) is 0.235. The average molecular weight is 366 g/mol. The van der Waals surface area contributed by atoms with Crippen LogP contribution in [0.3, 0.4) is 0 Å². The molecule has 1 aromatic carbocycles. The van der Waals surface area contributed by atoms with Gasteiger partial charge in [0.2, 0.25) is 11.8 Å². The van der Waals surface area contributed by atoms with Gasteiger partial charge in [0.15, 0.2) is 0 Å². The summed E-state index contributed by atoms with van der Waals surface area (Å²) in [6, 6.07) is 8.57. The van der Waals surface area contributed by atoms with Crippen LogP contribution in [-0.4, -0.2) is 28.2 Å². The van der Waals surface area contributed by atoms with Gasteiger partial charge < -0.3 is 10.2 Å². The van der Waals surface area contributed by atoms with Crippen LogP contribution in [0.25, 0.3) is 0 Å². The average Bonchev–Trinajstić information content (AvgIpc) is 2.55. The van der Waals surface area contributed by atoms with Crippen LogP contribution in [0.15, 0.2) is 42.7 Å². The zero-order valence-corrected chi connectivity index (χ0v) is 14.6. The molecular weight excluding hydrogens is 349 g/mol. The fourth-order valence-corrected chi connectivity index (χ4v) is 2.39. The maximum absolute atomic E-state index is 12.1. The molecule has 0 aliphatic carbocycles. The van der Waals surface area contributed by atoms with Crippen molar-refractivity contribution in [2.75, 3.05) is 11.9 Å². The summed E-state index contributed by atoms with van der Waals surface area (Å²) in [6.07, 6.45) is 3.55. The molecule has 0 fully saturated rings. The Hall–Kier alpha value is -2.11. The monoisotopic (exact) mass is 365 g/mol. The first-order valence-corrected chi connectivity index (χ1v) is 8.10. The Labute approximate surface area is 150 Å². The standard InChI is InChI=1S/C17H17Cl2N3O2/c1-12(23)22(11-13-3-2-7-20-10-13)8-6-17(24)21-14-4-5-15(18)16(19)9-14/h2-5,7,9-10H,6,8,11H2,1H3,(H,21,24). The van der Waals surface area contributed by atoms with Crippen LogP contribution >= 0.6 is 23.2 Å². The van der Waals surface area contributed by atoms with Crippen molar-refractivity contribution >= 4 is 40.7 Å².